The molecule has 2 aliphatic rings. The second kappa shape index (κ2) is 7.98. The topological polar surface area (TPSA) is 82.1 Å². The summed E-state index contributed by atoms with van der Waals surface area (Å²) < 4.78 is 11.3. The Morgan fingerprint density at radius 2 is 2.12 bits per heavy atom. The molecule has 26 heavy (non-hydrogen) atoms. The van der Waals surface area contributed by atoms with Gasteiger partial charge >= 0.3 is 0 Å². The predicted molar refractivity (Wildman–Crippen MR) is 102 cm³/mol. The molecule has 2 N–H and O–H groups in total. The lowest BCUT2D eigenvalue weighted by Gasteiger charge is -2.33. The molecule has 138 valence electrons. The summed E-state index contributed by atoms with van der Waals surface area (Å²) in [6, 6.07) is 2.01. The molecule has 1 saturated heterocycles. The number of nitrogens with zero attached hydrogens (tertiary/aromatic N) is 3. The highest BCUT2D eigenvalue weighted by molar-refractivity contribution is 6.37. The van der Waals surface area contributed by atoms with Crippen molar-refractivity contribution in [1.82, 2.24) is 4.98 Å². The Morgan fingerprint density at radius 3 is 2.73 bits per heavy atom. The Bertz CT molecular complexity index is 760. The van der Waals surface area contributed by atoms with Crippen LogP contribution in [0.25, 0.3) is 0 Å². The molecule has 1 aromatic heterocycles. The Labute approximate surface area is 154 Å². The van der Waals surface area contributed by atoms with Gasteiger partial charge < -0.3 is 15.3 Å². The lowest BCUT2D eigenvalue weighted by molar-refractivity contribution is -0.215. The molecule has 0 spiro atoms. The zero-order valence-electron chi connectivity index (χ0n) is 15.7. The van der Waals surface area contributed by atoms with E-state index in [2.05, 4.69) is 40.8 Å². The monoisotopic (exact) mass is 354 g/mol. The van der Waals surface area contributed by atoms with Gasteiger partial charge in [0, 0.05) is 23.1 Å². The van der Waals surface area contributed by atoms with Gasteiger partial charge in [0.25, 0.3) is 0 Å². The van der Waals surface area contributed by atoms with Crippen molar-refractivity contribution in [3.8, 4) is 11.8 Å². The molecule has 2 heterocycles. The van der Waals surface area contributed by atoms with Crippen molar-refractivity contribution in [2.75, 3.05) is 19.8 Å². The maximum atomic E-state index is 5.67. The van der Waals surface area contributed by atoms with Crippen LogP contribution in [0.3, 0.4) is 0 Å². The van der Waals surface area contributed by atoms with E-state index in [9.17, 15) is 0 Å². The quantitative estimate of drug-likeness (QED) is 0.389. The first kappa shape index (κ1) is 18.6. The first-order chi connectivity index (χ1) is 12.5. The molecule has 0 radical (unpaired) electrons. The van der Waals surface area contributed by atoms with Crippen molar-refractivity contribution in [3.05, 3.63) is 29.1 Å². The average molecular weight is 354 g/mol. The molecule has 1 aromatic rings. The molecule has 0 atom stereocenters. The summed E-state index contributed by atoms with van der Waals surface area (Å²) >= 11 is 0. The molecule has 1 aliphatic carbocycles. The van der Waals surface area contributed by atoms with Crippen LogP contribution in [0.1, 0.15) is 43.5 Å². The molecule has 1 saturated carbocycles. The van der Waals surface area contributed by atoms with Crippen molar-refractivity contribution >= 4 is 11.9 Å². The van der Waals surface area contributed by atoms with Gasteiger partial charge in [-0.25, -0.2) is 0 Å². The maximum absolute atomic E-state index is 5.67. The lowest BCUT2D eigenvalue weighted by atomic mass is 9.96. The smallest absolute Gasteiger partial charge is 0.176 e. The Kier molecular flexibility index (Phi) is 5.70. The number of pyridine rings is 1. The molecule has 3 rings (SSSR count). The number of aromatic nitrogens is 1. The van der Waals surface area contributed by atoms with E-state index in [4.69, 9.17) is 15.3 Å². The molecule has 0 bridgehead atoms. The van der Waals surface area contributed by atoms with Gasteiger partial charge in [-0.1, -0.05) is 25.7 Å². The molecule has 0 aromatic carbocycles. The number of ether oxygens (including phenoxy) is 2. The number of rotatable bonds is 4. The molecule has 6 nitrogen and oxygen atoms in total. The van der Waals surface area contributed by atoms with Crippen LogP contribution in [0.4, 0.5) is 0 Å². The minimum absolute atomic E-state index is 0.0509. The highest BCUT2D eigenvalue weighted by Crippen LogP contribution is 2.27. The van der Waals surface area contributed by atoms with Gasteiger partial charge in [-0.05, 0) is 31.4 Å². The molecule has 2 fully saturated rings. The summed E-state index contributed by atoms with van der Waals surface area (Å²) in [5.74, 6) is 12.5. The van der Waals surface area contributed by atoms with Crippen LogP contribution in [0.2, 0.25) is 0 Å². The molecule has 0 amide bonds. The third-order valence-electron chi connectivity index (χ3n) is 4.25. The van der Waals surface area contributed by atoms with E-state index in [-0.39, 0.29) is 11.7 Å². The third-order valence-corrected chi connectivity index (χ3v) is 4.25. The van der Waals surface area contributed by atoms with Crippen LogP contribution in [0, 0.1) is 30.1 Å². The van der Waals surface area contributed by atoms with E-state index in [0.29, 0.717) is 37.1 Å². The van der Waals surface area contributed by atoms with Crippen molar-refractivity contribution in [1.29, 1.82) is 0 Å². The minimum Gasteiger partial charge on any atom is -0.350 e. The molecular weight excluding hydrogens is 328 g/mol. The zero-order valence-corrected chi connectivity index (χ0v) is 15.7. The number of hydrazone groups is 1. The van der Waals surface area contributed by atoms with E-state index in [1.54, 1.807) is 12.4 Å². The van der Waals surface area contributed by atoms with Gasteiger partial charge in [-0.15, -0.1) is 0 Å². The van der Waals surface area contributed by atoms with Gasteiger partial charge in [0.2, 0.25) is 0 Å². The van der Waals surface area contributed by atoms with Crippen molar-refractivity contribution in [2.45, 2.75) is 39.9 Å². The summed E-state index contributed by atoms with van der Waals surface area (Å²) in [7, 11) is 0. The van der Waals surface area contributed by atoms with E-state index < -0.39 is 0 Å². The Balaban J connectivity index is 1.61. The summed E-state index contributed by atoms with van der Waals surface area (Å²) in [5.41, 5.74) is 3.17. The molecular formula is C20H26N4O2. The second-order valence-electron chi connectivity index (χ2n) is 7.66. The fraction of sp³-hybridized carbons (Fsp3) is 0.550. The molecule has 6 heteroatoms. The summed E-state index contributed by atoms with van der Waals surface area (Å²) in [4.78, 5) is 8.83. The van der Waals surface area contributed by atoms with Crippen LogP contribution in [0.15, 0.2) is 22.4 Å². The van der Waals surface area contributed by atoms with Crippen LogP contribution < -0.4 is 5.84 Å². The van der Waals surface area contributed by atoms with Crippen molar-refractivity contribution < 1.29 is 9.47 Å². The first-order valence-electron chi connectivity index (χ1n) is 8.96. The van der Waals surface area contributed by atoms with E-state index in [0.717, 1.165) is 11.1 Å². The molecule has 0 unspecified atom stereocenters. The van der Waals surface area contributed by atoms with Crippen molar-refractivity contribution in [2.24, 2.45) is 27.3 Å². The van der Waals surface area contributed by atoms with Gasteiger partial charge in [0.1, 0.15) is 5.71 Å². The Morgan fingerprint density at radius 1 is 1.38 bits per heavy atom. The van der Waals surface area contributed by atoms with Gasteiger partial charge in [-0.2, -0.15) is 5.10 Å². The largest absolute Gasteiger partial charge is 0.350 e. The number of nitrogens with two attached hydrogens (primary N) is 1. The van der Waals surface area contributed by atoms with Crippen LogP contribution in [-0.2, 0) is 9.47 Å². The van der Waals surface area contributed by atoms with E-state index in [1.807, 2.05) is 13.0 Å². The highest BCUT2D eigenvalue weighted by Gasteiger charge is 2.27. The number of hydrogen-bond acceptors (Lipinski definition) is 6. The lowest BCUT2D eigenvalue weighted by Crippen LogP contribution is -2.39. The fourth-order valence-corrected chi connectivity index (χ4v) is 2.54. The van der Waals surface area contributed by atoms with Crippen LogP contribution >= 0.6 is 0 Å². The van der Waals surface area contributed by atoms with Gasteiger partial charge in [-0.3, -0.25) is 9.98 Å². The van der Waals surface area contributed by atoms with Gasteiger partial charge in [0.05, 0.1) is 31.7 Å². The van der Waals surface area contributed by atoms with E-state index in [1.165, 1.54) is 12.8 Å². The normalized spacial score (nSPS) is 20.8. The number of aliphatic imine (C=N–C) groups is 1. The summed E-state index contributed by atoms with van der Waals surface area (Å²) in [5, 5.41) is 3.83. The summed E-state index contributed by atoms with van der Waals surface area (Å²) in [6.45, 7) is 7.92. The standard InChI is InChI=1S/C20H26N4O2/c1-14-8-16(7-6-15-4-5-15)9-23-19(14)17(24-21)10-22-11-18-25-12-20(2,3)13-26-18/h8-10,15,18H,4-5,11-13,21H2,1-3H3/b22-10?,24-17+. The third kappa shape index (κ3) is 5.13. The Hall–Kier alpha value is -2.23. The first-order valence-corrected chi connectivity index (χ1v) is 8.96. The predicted octanol–water partition coefficient (Wildman–Crippen LogP) is 2.28. The SMILES string of the molecule is Cc1cc(C#CC2CC2)cnc1/C(C=NCC1OCC(C)(C)CO1)=N/N. The maximum Gasteiger partial charge on any atom is 0.176 e. The molecule has 1 aliphatic heterocycles. The minimum atomic E-state index is -0.326. The highest BCUT2D eigenvalue weighted by atomic mass is 16.7. The zero-order chi connectivity index (χ0) is 18.6. The van der Waals surface area contributed by atoms with Crippen LogP contribution in [0.5, 0.6) is 0 Å². The second-order valence-corrected chi connectivity index (χ2v) is 7.66. The van der Waals surface area contributed by atoms with Gasteiger partial charge in [0.15, 0.2) is 6.29 Å². The van der Waals surface area contributed by atoms with Crippen LogP contribution in [-0.4, -0.2) is 43.0 Å². The summed E-state index contributed by atoms with van der Waals surface area (Å²) in [6.07, 6.45) is 5.48. The number of aryl methyl sites for hydroxylation is 1. The average Bonchev–Trinajstić information content (AvgIpc) is 3.43. The van der Waals surface area contributed by atoms with E-state index >= 15 is 0 Å². The fourth-order valence-electron chi connectivity index (χ4n) is 2.54. The number of hydrogen-bond donors (Lipinski definition) is 1. The van der Waals surface area contributed by atoms with Crippen molar-refractivity contribution in [3.63, 3.8) is 0 Å².